The maximum atomic E-state index is 8.97. The molecule has 0 unspecified atom stereocenters. The van der Waals surface area contributed by atoms with Crippen LogP contribution in [0.5, 0.6) is 0 Å². The van der Waals surface area contributed by atoms with Crippen molar-refractivity contribution < 1.29 is 5.11 Å². The normalized spacial score (nSPS) is 11.6. The average Bonchev–Trinajstić information content (AvgIpc) is 2.20. The van der Waals surface area contributed by atoms with E-state index in [0.29, 0.717) is 12.4 Å². The van der Waals surface area contributed by atoms with Gasteiger partial charge in [0.15, 0.2) is 0 Å². The molecule has 0 bridgehead atoms. The second-order valence-corrected chi connectivity index (χ2v) is 5.28. The molecule has 1 aromatic rings. The van der Waals surface area contributed by atoms with E-state index in [9.17, 15) is 0 Å². The Morgan fingerprint density at radius 2 is 1.88 bits per heavy atom. The summed E-state index contributed by atoms with van der Waals surface area (Å²) < 4.78 is 0. The van der Waals surface area contributed by atoms with E-state index < -0.39 is 0 Å². The molecule has 0 saturated heterocycles. The van der Waals surface area contributed by atoms with Gasteiger partial charge < -0.3 is 15.7 Å². The van der Waals surface area contributed by atoms with Gasteiger partial charge in [0, 0.05) is 24.6 Å². The minimum atomic E-state index is -0.142. The maximum Gasteiger partial charge on any atom is 0.138 e. The van der Waals surface area contributed by atoms with E-state index in [-0.39, 0.29) is 12.0 Å². The summed E-state index contributed by atoms with van der Waals surface area (Å²) >= 11 is 0. The Morgan fingerprint density at radius 3 is 2.35 bits per heavy atom. The second kappa shape index (κ2) is 4.87. The van der Waals surface area contributed by atoms with E-state index in [2.05, 4.69) is 9.97 Å². The topological polar surface area (TPSA) is 75.3 Å². The summed E-state index contributed by atoms with van der Waals surface area (Å²) in [4.78, 5) is 10.8. The number of anilines is 2. The third-order valence-electron chi connectivity index (χ3n) is 2.63. The number of nitrogen functional groups attached to an aromatic ring is 1. The predicted molar refractivity (Wildman–Crippen MR) is 70.2 cm³/mol. The third kappa shape index (κ3) is 3.06. The molecule has 5 nitrogen and oxygen atoms in total. The SMILES string of the molecule is Cc1c(N)nc(C(C)(C)C)nc1N(C)CCO. The molecule has 0 atom stereocenters. The molecular weight excluding hydrogens is 216 g/mol. The molecule has 1 rings (SSSR count). The van der Waals surface area contributed by atoms with Gasteiger partial charge >= 0.3 is 0 Å². The summed E-state index contributed by atoms with van der Waals surface area (Å²) in [5.41, 5.74) is 6.63. The lowest BCUT2D eigenvalue weighted by atomic mass is 9.95. The number of likely N-dealkylation sites (N-methyl/N-ethyl adjacent to an activating group) is 1. The second-order valence-electron chi connectivity index (χ2n) is 5.28. The average molecular weight is 238 g/mol. The van der Waals surface area contributed by atoms with Gasteiger partial charge in [-0.05, 0) is 6.92 Å². The minimum absolute atomic E-state index is 0.0880. The van der Waals surface area contributed by atoms with E-state index in [0.717, 1.165) is 17.2 Å². The molecule has 0 spiro atoms. The van der Waals surface area contributed by atoms with Gasteiger partial charge in [-0.2, -0.15) is 0 Å². The molecule has 0 aliphatic rings. The van der Waals surface area contributed by atoms with Crippen molar-refractivity contribution in [2.75, 3.05) is 30.8 Å². The highest BCUT2D eigenvalue weighted by Crippen LogP contribution is 2.26. The summed E-state index contributed by atoms with van der Waals surface area (Å²) in [6, 6.07) is 0. The van der Waals surface area contributed by atoms with Crippen molar-refractivity contribution >= 4 is 11.6 Å². The van der Waals surface area contributed by atoms with Crippen molar-refractivity contribution in [3.05, 3.63) is 11.4 Å². The number of nitrogens with zero attached hydrogens (tertiary/aromatic N) is 3. The number of hydrogen-bond acceptors (Lipinski definition) is 5. The van der Waals surface area contributed by atoms with Crippen LogP contribution in [-0.4, -0.2) is 35.3 Å². The molecule has 96 valence electrons. The van der Waals surface area contributed by atoms with Gasteiger partial charge in [0.25, 0.3) is 0 Å². The largest absolute Gasteiger partial charge is 0.395 e. The predicted octanol–water partition coefficient (Wildman–Crippen LogP) is 1.09. The van der Waals surface area contributed by atoms with Crippen LogP contribution in [-0.2, 0) is 5.41 Å². The smallest absolute Gasteiger partial charge is 0.138 e. The van der Waals surface area contributed by atoms with Crippen molar-refractivity contribution in [3.63, 3.8) is 0 Å². The fourth-order valence-electron chi connectivity index (χ4n) is 1.48. The van der Waals surface area contributed by atoms with E-state index in [1.165, 1.54) is 0 Å². The molecule has 0 aliphatic carbocycles. The van der Waals surface area contributed by atoms with E-state index in [1.807, 2.05) is 39.6 Å². The standard InChI is InChI=1S/C12H22N4O/c1-8-9(13)14-11(12(2,3)4)15-10(8)16(5)6-7-17/h17H,6-7H2,1-5H3,(H2,13,14,15). The number of nitrogens with two attached hydrogens (primary N) is 1. The Morgan fingerprint density at radius 1 is 1.29 bits per heavy atom. The van der Waals surface area contributed by atoms with E-state index >= 15 is 0 Å². The van der Waals surface area contributed by atoms with Crippen LogP contribution in [0.2, 0.25) is 0 Å². The fourth-order valence-corrected chi connectivity index (χ4v) is 1.48. The molecular formula is C12H22N4O. The van der Waals surface area contributed by atoms with Crippen LogP contribution in [0.25, 0.3) is 0 Å². The van der Waals surface area contributed by atoms with Gasteiger partial charge in [0.2, 0.25) is 0 Å². The first-order valence-electron chi connectivity index (χ1n) is 5.74. The summed E-state index contributed by atoms with van der Waals surface area (Å²) in [6.07, 6.45) is 0. The Labute approximate surface area is 103 Å². The van der Waals surface area contributed by atoms with Crippen LogP contribution in [0, 0.1) is 6.92 Å². The quantitative estimate of drug-likeness (QED) is 0.824. The molecule has 0 aliphatic heterocycles. The van der Waals surface area contributed by atoms with Crippen LogP contribution < -0.4 is 10.6 Å². The molecule has 5 heteroatoms. The molecule has 0 saturated carbocycles. The summed E-state index contributed by atoms with van der Waals surface area (Å²) in [5.74, 6) is 2.02. The monoisotopic (exact) mass is 238 g/mol. The highest BCUT2D eigenvalue weighted by Gasteiger charge is 2.21. The van der Waals surface area contributed by atoms with Crippen molar-refractivity contribution in [1.82, 2.24) is 9.97 Å². The first-order chi connectivity index (χ1) is 7.77. The lowest BCUT2D eigenvalue weighted by Gasteiger charge is -2.24. The Balaban J connectivity index is 3.25. The fraction of sp³-hybridized carbons (Fsp3) is 0.667. The van der Waals surface area contributed by atoms with Gasteiger partial charge in [0.1, 0.15) is 17.5 Å². The van der Waals surface area contributed by atoms with Crippen LogP contribution in [0.4, 0.5) is 11.6 Å². The van der Waals surface area contributed by atoms with Crippen LogP contribution in [0.3, 0.4) is 0 Å². The number of rotatable bonds is 3. The number of hydrogen-bond donors (Lipinski definition) is 2. The zero-order chi connectivity index (χ0) is 13.2. The first-order valence-corrected chi connectivity index (χ1v) is 5.74. The van der Waals surface area contributed by atoms with Crippen molar-refractivity contribution in [2.45, 2.75) is 33.1 Å². The first kappa shape index (κ1) is 13.7. The zero-order valence-electron chi connectivity index (χ0n) is 11.3. The maximum absolute atomic E-state index is 8.97. The van der Waals surface area contributed by atoms with Gasteiger partial charge in [0.05, 0.1) is 6.61 Å². The molecule has 0 amide bonds. The Kier molecular flexibility index (Phi) is 3.93. The van der Waals surface area contributed by atoms with Gasteiger partial charge in [-0.1, -0.05) is 20.8 Å². The summed E-state index contributed by atoms with van der Waals surface area (Å²) in [7, 11) is 1.89. The van der Waals surface area contributed by atoms with Crippen LogP contribution >= 0.6 is 0 Å². The molecule has 3 N–H and O–H groups in total. The van der Waals surface area contributed by atoms with Crippen molar-refractivity contribution in [3.8, 4) is 0 Å². The molecule has 17 heavy (non-hydrogen) atoms. The molecule has 0 aromatic carbocycles. The molecule has 0 radical (unpaired) electrons. The third-order valence-corrected chi connectivity index (χ3v) is 2.63. The lowest BCUT2D eigenvalue weighted by Crippen LogP contribution is -2.26. The molecule has 1 heterocycles. The highest BCUT2D eigenvalue weighted by molar-refractivity contribution is 5.56. The number of aromatic nitrogens is 2. The van der Waals surface area contributed by atoms with Crippen LogP contribution in [0.15, 0.2) is 0 Å². The summed E-state index contributed by atoms with van der Waals surface area (Å²) in [5, 5.41) is 8.97. The van der Waals surface area contributed by atoms with Crippen molar-refractivity contribution in [1.29, 1.82) is 0 Å². The molecule has 1 aromatic heterocycles. The summed E-state index contributed by atoms with van der Waals surface area (Å²) in [6.45, 7) is 8.66. The lowest BCUT2D eigenvalue weighted by molar-refractivity contribution is 0.303. The number of aliphatic hydroxyl groups excluding tert-OH is 1. The van der Waals surface area contributed by atoms with E-state index in [4.69, 9.17) is 10.8 Å². The molecule has 0 fully saturated rings. The van der Waals surface area contributed by atoms with Crippen molar-refractivity contribution in [2.24, 2.45) is 0 Å². The van der Waals surface area contributed by atoms with Gasteiger partial charge in [-0.25, -0.2) is 9.97 Å². The van der Waals surface area contributed by atoms with Gasteiger partial charge in [-0.3, -0.25) is 0 Å². The highest BCUT2D eigenvalue weighted by atomic mass is 16.3. The zero-order valence-corrected chi connectivity index (χ0v) is 11.3. The minimum Gasteiger partial charge on any atom is -0.395 e. The van der Waals surface area contributed by atoms with Gasteiger partial charge in [-0.15, -0.1) is 0 Å². The van der Waals surface area contributed by atoms with E-state index in [1.54, 1.807) is 0 Å². The Hall–Kier alpha value is -1.36. The van der Waals surface area contributed by atoms with Crippen LogP contribution in [0.1, 0.15) is 32.2 Å². The Bertz CT molecular complexity index is 398. The number of aliphatic hydroxyl groups is 1.